The van der Waals surface area contributed by atoms with Crippen LogP contribution in [0.4, 0.5) is 0 Å². The van der Waals surface area contributed by atoms with Crippen LogP contribution in [0.1, 0.15) is 75.8 Å². The fourth-order valence-corrected chi connectivity index (χ4v) is 5.67. The number of rotatable bonds is 6. The molecule has 1 N–H and O–H groups in total. The van der Waals surface area contributed by atoms with E-state index in [1.165, 1.54) is 37.9 Å². The summed E-state index contributed by atoms with van der Waals surface area (Å²) in [5.41, 5.74) is 3.33. The van der Waals surface area contributed by atoms with Crippen molar-refractivity contribution in [3.8, 4) is 0 Å². The van der Waals surface area contributed by atoms with E-state index >= 15 is 0 Å². The standard InChI is InChI=1S/C28H29NO3/c30-27(24-12-13-25(28(31)32)23-11-5-4-10-22(23)24)26-18-19(20-8-2-3-9-21(20)26)14-17-29-15-6-1-7-16-29/h2-5,8-13,19,26H,1,6-7,14-18H2,(H,31,32). The molecule has 3 aromatic rings. The number of carbonyl (C=O) groups excluding carboxylic acids is 1. The number of aromatic carboxylic acids is 1. The molecule has 1 aliphatic heterocycles. The van der Waals surface area contributed by atoms with Crippen LogP contribution in [0, 0.1) is 0 Å². The summed E-state index contributed by atoms with van der Waals surface area (Å²) in [5.74, 6) is -0.640. The van der Waals surface area contributed by atoms with Crippen LogP contribution < -0.4 is 0 Å². The number of hydrogen-bond acceptors (Lipinski definition) is 3. The number of nitrogens with zero attached hydrogens (tertiary/aromatic N) is 1. The Kier molecular flexibility index (Phi) is 5.79. The Morgan fingerprint density at radius 2 is 1.44 bits per heavy atom. The van der Waals surface area contributed by atoms with Crippen molar-refractivity contribution in [3.63, 3.8) is 0 Å². The summed E-state index contributed by atoms with van der Waals surface area (Å²) in [6.07, 6.45) is 5.85. The number of fused-ring (bicyclic) bond motifs is 2. The molecule has 4 heteroatoms. The first-order chi connectivity index (χ1) is 15.6. The van der Waals surface area contributed by atoms with E-state index in [-0.39, 0.29) is 17.3 Å². The molecule has 5 rings (SSSR count). The van der Waals surface area contributed by atoms with Crippen molar-refractivity contribution in [2.45, 2.75) is 43.9 Å². The number of carbonyl (C=O) groups is 2. The third-order valence-electron chi connectivity index (χ3n) is 7.31. The molecule has 1 fully saturated rings. The highest BCUT2D eigenvalue weighted by Crippen LogP contribution is 2.45. The van der Waals surface area contributed by atoms with Gasteiger partial charge in [-0.15, -0.1) is 0 Å². The van der Waals surface area contributed by atoms with Gasteiger partial charge in [-0.3, -0.25) is 4.79 Å². The van der Waals surface area contributed by atoms with Gasteiger partial charge in [0, 0.05) is 11.5 Å². The van der Waals surface area contributed by atoms with E-state index in [9.17, 15) is 14.7 Å². The Hall–Kier alpha value is -2.98. The maximum absolute atomic E-state index is 13.8. The summed E-state index contributed by atoms with van der Waals surface area (Å²) in [7, 11) is 0. The fraction of sp³-hybridized carbons (Fsp3) is 0.357. The highest BCUT2D eigenvalue weighted by molar-refractivity contribution is 6.15. The van der Waals surface area contributed by atoms with Gasteiger partial charge in [-0.1, -0.05) is 55.0 Å². The highest BCUT2D eigenvalue weighted by Gasteiger charge is 2.36. The van der Waals surface area contributed by atoms with Crippen molar-refractivity contribution < 1.29 is 14.7 Å². The van der Waals surface area contributed by atoms with Gasteiger partial charge in [-0.2, -0.15) is 0 Å². The van der Waals surface area contributed by atoms with Crippen LogP contribution >= 0.6 is 0 Å². The van der Waals surface area contributed by atoms with Gasteiger partial charge >= 0.3 is 5.97 Å². The normalized spacial score (nSPS) is 20.9. The monoisotopic (exact) mass is 427 g/mol. The predicted octanol–water partition coefficient (Wildman–Crippen LogP) is 5.87. The summed E-state index contributed by atoms with van der Waals surface area (Å²) in [6, 6.07) is 19.0. The quantitative estimate of drug-likeness (QED) is 0.500. The van der Waals surface area contributed by atoms with Gasteiger partial charge in [-0.25, -0.2) is 4.79 Å². The van der Waals surface area contributed by atoms with E-state index in [0.29, 0.717) is 16.9 Å². The van der Waals surface area contributed by atoms with Gasteiger partial charge in [0.25, 0.3) is 0 Å². The second kappa shape index (κ2) is 8.87. The zero-order valence-electron chi connectivity index (χ0n) is 18.3. The summed E-state index contributed by atoms with van der Waals surface area (Å²) in [6.45, 7) is 3.48. The van der Waals surface area contributed by atoms with Crippen LogP contribution in [0.15, 0.2) is 60.7 Å². The molecule has 1 aliphatic carbocycles. The first kappa shape index (κ1) is 20.9. The van der Waals surface area contributed by atoms with Crippen molar-refractivity contribution in [1.29, 1.82) is 0 Å². The van der Waals surface area contributed by atoms with Gasteiger partial charge < -0.3 is 10.0 Å². The lowest BCUT2D eigenvalue weighted by atomic mass is 9.88. The molecule has 2 unspecified atom stereocenters. The van der Waals surface area contributed by atoms with Crippen LogP contribution in [0.5, 0.6) is 0 Å². The molecule has 4 nitrogen and oxygen atoms in total. The molecule has 164 valence electrons. The molecule has 0 amide bonds. The molecule has 2 atom stereocenters. The first-order valence-corrected chi connectivity index (χ1v) is 11.7. The zero-order chi connectivity index (χ0) is 22.1. The van der Waals surface area contributed by atoms with E-state index in [0.717, 1.165) is 30.3 Å². The van der Waals surface area contributed by atoms with Crippen LogP contribution in [0.3, 0.4) is 0 Å². The minimum Gasteiger partial charge on any atom is -0.478 e. The van der Waals surface area contributed by atoms with Crippen LogP contribution in [0.25, 0.3) is 10.8 Å². The molecule has 0 radical (unpaired) electrons. The molecule has 32 heavy (non-hydrogen) atoms. The Morgan fingerprint density at radius 3 is 2.16 bits per heavy atom. The van der Waals surface area contributed by atoms with E-state index in [2.05, 4.69) is 23.1 Å². The number of carboxylic acids is 1. The van der Waals surface area contributed by atoms with Gasteiger partial charge in [-0.05, 0) is 85.3 Å². The van der Waals surface area contributed by atoms with Crippen LogP contribution in [0.2, 0.25) is 0 Å². The maximum Gasteiger partial charge on any atom is 0.336 e. The molecular formula is C28H29NO3. The summed E-state index contributed by atoms with van der Waals surface area (Å²) in [5, 5.41) is 10.9. The van der Waals surface area contributed by atoms with Crippen molar-refractivity contribution in [3.05, 3.63) is 82.9 Å². The second-order valence-corrected chi connectivity index (χ2v) is 9.18. The third kappa shape index (κ3) is 3.84. The molecule has 0 saturated carbocycles. The lowest BCUT2D eigenvalue weighted by molar-refractivity contribution is 0.0698. The van der Waals surface area contributed by atoms with Gasteiger partial charge in [0.15, 0.2) is 5.78 Å². The van der Waals surface area contributed by atoms with Crippen LogP contribution in [-0.4, -0.2) is 41.4 Å². The Morgan fingerprint density at radius 1 is 0.812 bits per heavy atom. The predicted molar refractivity (Wildman–Crippen MR) is 127 cm³/mol. The molecule has 0 spiro atoms. The minimum atomic E-state index is -0.968. The molecule has 1 heterocycles. The average molecular weight is 428 g/mol. The largest absolute Gasteiger partial charge is 0.478 e. The number of piperidine rings is 1. The fourth-order valence-electron chi connectivity index (χ4n) is 5.67. The molecule has 0 bridgehead atoms. The van der Waals surface area contributed by atoms with Gasteiger partial charge in [0.2, 0.25) is 0 Å². The van der Waals surface area contributed by atoms with Crippen molar-refractivity contribution >= 4 is 22.5 Å². The Balaban J connectivity index is 1.44. The maximum atomic E-state index is 13.8. The molecular weight excluding hydrogens is 398 g/mol. The van der Waals surface area contributed by atoms with E-state index in [4.69, 9.17) is 0 Å². The summed E-state index contributed by atoms with van der Waals surface area (Å²) < 4.78 is 0. The second-order valence-electron chi connectivity index (χ2n) is 9.18. The molecule has 0 aromatic heterocycles. The van der Waals surface area contributed by atoms with Gasteiger partial charge in [0.05, 0.1) is 5.56 Å². The Labute approximate surface area is 188 Å². The lowest BCUT2D eigenvalue weighted by Crippen LogP contribution is -2.31. The number of carboxylic acid groups (broad SMARTS) is 1. The van der Waals surface area contributed by atoms with Crippen molar-refractivity contribution in [2.24, 2.45) is 0 Å². The van der Waals surface area contributed by atoms with Crippen molar-refractivity contribution in [1.82, 2.24) is 4.90 Å². The summed E-state index contributed by atoms with van der Waals surface area (Å²) in [4.78, 5) is 28.0. The van der Waals surface area contributed by atoms with E-state index in [1.807, 2.05) is 24.3 Å². The Bertz CT molecular complexity index is 1160. The van der Waals surface area contributed by atoms with Crippen LogP contribution in [-0.2, 0) is 0 Å². The molecule has 3 aromatic carbocycles. The minimum absolute atomic E-state index is 0.103. The average Bonchev–Trinajstić information content (AvgIpc) is 3.21. The molecule has 1 saturated heterocycles. The van der Waals surface area contributed by atoms with Gasteiger partial charge in [0.1, 0.15) is 0 Å². The topological polar surface area (TPSA) is 57.6 Å². The van der Waals surface area contributed by atoms with E-state index < -0.39 is 5.97 Å². The summed E-state index contributed by atoms with van der Waals surface area (Å²) >= 11 is 0. The number of hydrogen-bond donors (Lipinski definition) is 1. The number of likely N-dealkylation sites (tertiary alicyclic amines) is 1. The third-order valence-corrected chi connectivity index (χ3v) is 7.31. The molecule has 2 aliphatic rings. The van der Waals surface area contributed by atoms with E-state index in [1.54, 1.807) is 18.2 Å². The highest BCUT2D eigenvalue weighted by atomic mass is 16.4. The number of ketones is 1. The lowest BCUT2D eigenvalue weighted by Gasteiger charge is -2.27. The zero-order valence-corrected chi connectivity index (χ0v) is 18.3. The number of benzene rings is 3. The SMILES string of the molecule is O=C(O)c1ccc(C(=O)C2CC(CCN3CCCCC3)c3ccccc32)c2ccccc12. The number of Topliss-reactive ketones (excluding diaryl/α,β-unsaturated/α-hetero) is 1. The smallest absolute Gasteiger partial charge is 0.336 e. The first-order valence-electron chi connectivity index (χ1n) is 11.7. The van der Waals surface area contributed by atoms with Crippen molar-refractivity contribution in [2.75, 3.05) is 19.6 Å².